The second-order valence-electron chi connectivity index (χ2n) is 4.25. The lowest BCUT2D eigenvalue weighted by Crippen LogP contribution is -2.15. The van der Waals surface area contributed by atoms with Crippen LogP contribution in [0.25, 0.3) is 0 Å². The summed E-state index contributed by atoms with van der Waals surface area (Å²) in [5.74, 6) is -0.898. The van der Waals surface area contributed by atoms with E-state index in [1.54, 1.807) is 0 Å². The molecule has 1 aliphatic heterocycles. The van der Waals surface area contributed by atoms with E-state index in [1.165, 1.54) is 19.1 Å². The zero-order valence-corrected chi connectivity index (χ0v) is 10.8. The first-order valence-electron chi connectivity index (χ1n) is 5.93. The second kappa shape index (κ2) is 5.60. The number of aliphatic carboxylic acids is 1. The number of Topliss-reactive ketones (excluding diaryl/α,β-unsaturated/α-hetero) is 1. The zero-order chi connectivity index (χ0) is 14.7. The van der Waals surface area contributed by atoms with Gasteiger partial charge in [-0.3, -0.25) is 14.4 Å². The first-order valence-corrected chi connectivity index (χ1v) is 5.93. The smallest absolute Gasteiger partial charge is 0.303 e. The van der Waals surface area contributed by atoms with Gasteiger partial charge in [0.1, 0.15) is 0 Å². The molecule has 0 atom stereocenters. The Morgan fingerprint density at radius 1 is 1.20 bits per heavy atom. The van der Waals surface area contributed by atoms with Crippen LogP contribution in [-0.2, 0) is 9.59 Å². The van der Waals surface area contributed by atoms with E-state index in [2.05, 4.69) is 5.32 Å². The van der Waals surface area contributed by atoms with Crippen LogP contribution >= 0.6 is 0 Å². The van der Waals surface area contributed by atoms with Gasteiger partial charge >= 0.3 is 5.97 Å². The molecule has 0 fully saturated rings. The maximum Gasteiger partial charge on any atom is 0.303 e. The standard InChI is InChI=1S/C13H13NO6/c1-7(15)8-4-10-11(20-6-19-10)5-9(8)14-12(16)2-3-13(17)18/h4-5H,2-3,6H2,1H3,(H,14,16)(H,17,18). The Morgan fingerprint density at radius 3 is 2.45 bits per heavy atom. The number of hydrogen-bond donors (Lipinski definition) is 2. The van der Waals surface area contributed by atoms with Gasteiger partial charge in [0.15, 0.2) is 17.3 Å². The fourth-order valence-corrected chi connectivity index (χ4v) is 1.77. The van der Waals surface area contributed by atoms with Crippen LogP contribution in [0.4, 0.5) is 5.69 Å². The molecule has 0 aliphatic carbocycles. The van der Waals surface area contributed by atoms with Crippen molar-refractivity contribution in [1.29, 1.82) is 0 Å². The quantitative estimate of drug-likeness (QED) is 0.790. The van der Waals surface area contributed by atoms with Gasteiger partial charge in [-0.2, -0.15) is 0 Å². The molecule has 2 rings (SSSR count). The predicted molar refractivity (Wildman–Crippen MR) is 68.1 cm³/mol. The average molecular weight is 279 g/mol. The molecule has 1 aliphatic rings. The molecule has 1 heterocycles. The SMILES string of the molecule is CC(=O)c1cc2c(cc1NC(=O)CCC(=O)O)OCO2. The maximum atomic E-state index is 11.6. The topological polar surface area (TPSA) is 102 Å². The highest BCUT2D eigenvalue weighted by atomic mass is 16.7. The maximum absolute atomic E-state index is 11.6. The summed E-state index contributed by atoms with van der Waals surface area (Å²) < 4.78 is 10.3. The van der Waals surface area contributed by atoms with Crippen molar-refractivity contribution in [2.24, 2.45) is 0 Å². The Bertz CT molecular complexity index is 580. The van der Waals surface area contributed by atoms with Crippen molar-refractivity contribution in [1.82, 2.24) is 0 Å². The molecule has 1 amide bonds. The molecular weight excluding hydrogens is 266 g/mol. The number of carboxylic acids is 1. The molecule has 0 spiro atoms. The summed E-state index contributed by atoms with van der Waals surface area (Å²) in [6, 6.07) is 3.00. The minimum absolute atomic E-state index is 0.0586. The summed E-state index contributed by atoms with van der Waals surface area (Å²) in [6.07, 6.45) is -0.438. The number of amides is 1. The van der Waals surface area contributed by atoms with E-state index in [0.717, 1.165) is 0 Å². The first-order chi connectivity index (χ1) is 9.47. The van der Waals surface area contributed by atoms with Gasteiger partial charge in [0, 0.05) is 18.1 Å². The highest BCUT2D eigenvalue weighted by Crippen LogP contribution is 2.37. The van der Waals surface area contributed by atoms with Crippen molar-refractivity contribution < 1.29 is 29.0 Å². The molecule has 106 valence electrons. The molecule has 2 N–H and O–H groups in total. The van der Waals surface area contributed by atoms with Gasteiger partial charge in [-0.1, -0.05) is 0 Å². The molecule has 1 aromatic rings. The molecule has 0 radical (unpaired) electrons. The Kier molecular flexibility index (Phi) is 3.88. The number of carbonyl (C=O) groups excluding carboxylic acids is 2. The average Bonchev–Trinajstić information content (AvgIpc) is 2.82. The lowest BCUT2D eigenvalue weighted by atomic mass is 10.1. The van der Waals surface area contributed by atoms with E-state index in [4.69, 9.17) is 14.6 Å². The Labute approximate surface area is 114 Å². The third-order valence-corrected chi connectivity index (χ3v) is 2.73. The van der Waals surface area contributed by atoms with Crippen molar-refractivity contribution in [2.45, 2.75) is 19.8 Å². The fraction of sp³-hybridized carbons (Fsp3) is 0.308. The van der Waals surface area contributed by atoms with Crippen LogP contribution in [0.5, 0.6) is 11.5 Å². The van der Waals surface area contributed by atoms with Crippen LogP contribution < -0.4 is 14.8 Å². The molecule has 20 heavy (non-hydrogen) atoms. The monoisotopic (exact) mass is 279 g/mol. The molecule has 7 nitrogen and oxygen atoms in total. The number of ketones is 1. The Balaban J connectivity index is 2.20. The first kappa shape index (κ1) is 13.9. The van der Waals surface area contributed by atoms with E-state index >= 15 is 0 Å². The van der Waals surface area contributed by atoms with E-state index in [-0.39, 0.29) is 36.7 Å². The largest absolute Gasteiger partial charge is 0.481 e. The van der Waals surface area contributed by atoms with Gasteiger partial charge in [0.05, 0.1) is 12.1 Å². The Morgan fingerprint density at radius 2 is 1.85 bits per heavy atom. The summed E-state index contributed by atoms with van der Waals surface area (Å²) in [7, 11) is 0. The normalized spacial score (nSPS) is 12.1. The lowest BCUT2D eigenvalue weighted by molar-refractivity contribution is -0.138. The van der Waals surface area contributed by atoms with Gasteiger partial charge in [-0.05, 0) is 13.0 Å². The minimum Gasteiger partial charge on any atom is -0.481 e. The minimum atomic E-state index is -1.06. The van der Waals surface area contributed by atoms with Crippen molar-refractivity contribution >= 4 is 23.3 Å². The summed E-state index contributed by atoms with van der Waals surface area (Å²) >= 11 is 0. The van der Waals surface area contributed by atoms with E-state index in [9.17, 15) is 14.4 Å². The van der Waals surface area contributed by atoms with Crippen LogP contribution in [0, 0.1) is 0 Å². The lowest BCUT2D eigenvalue weighted by Gasteiger charge is -2.10. The molecule has 0 aromatic heterocycles. The van der Waals surface area contributed by atoms with E-state index < -0.39 is 11.9 Å². The summed E-state index contributed by atoms with van der Waals surface area (Å²) in [5, 5.41) is 11.0. The highest BCUT2D eigenvalue weighted by Gasteiger charge is 2.20. The third-order valence-electron chi connectivity index (χ3n) is 2.73. The van der Waals surface area contributed by atoms with Crippen LogP contribution in [-0.4, -0.2) is 29.6 Å². The van der Waals surface area contributed by atoms with Crippen LogP contribution in [0.1, 0.15) is 30.1 Å². The summed E-state index contributed by atoms with van der Waals surface area (Å²) in [4.78, 5) is 33.6. The van der Waals surface area contributed by atoms with Gasteiger partial charge < -0.3 is 19.9 Å². The highest BCUT2D eigenvalue weighted by molar-refractivity contribution is 6.04. The molecule has 0 saturated carbocycles. The number of nitrogens with one attached hydrogen (secondary N) is 1. The van der Waals surface area contributed by atoms with Gasteiger partial charge in [0.25, 0.3) is 0 Å². The summed E-state index contributed by atoms with van der Waals surface area (Å²) in [6.45, 7) is 1.42. The second-order valence-corrected chi connectivity index (χ2v) is 4.25. The number of anilines is 1. The third kappa shape index (κ3) is 3.05. The molecule has 0 bridgehead atoms. The van der Waals surface area contributed by atoms with E-state index in [1.807, 2.05) is 0 Å². The number of ether oxygens (including phenoxy) is 2. The number of carboxylic acid groups (broad SMARTS) is 1. The van der Waals surface area contributed by atoms with Gasteiger partial charge in [-0.25, -0.2) is 0 Å². The number of rotatable bonds is 5. The van der Waals surface area contributed by atoms with Crippen molar-refractivity contribution in [3.05, 3.63) is 17.7 Å². The van der Waals surface area contributed by atoms with Gasteiger partial charge in [0.2, 0.25) is 12.7 Å². The van der Waals surface area contributed by atoms with Gasteiger partial charge in [-0.15, -0.1) is 0 Å². The van der Waals surface area contributed by atoms with Crippen LogP contribution in [0.15, 0.2) is 12.1 Å². The number of benzene rings is 1. The summed E-state index contributed by atoms with van der Waals surface area (Å²) in [5.41, 5.74) is 0.579. The van der Waals surface area contributed by atoms with Crippen LogP contribution in [0.3, 0.4) is 0 Å². The fourth-order valence-electron chi connectivity index (χ4n) is 1.77. The zero-order valence-electron chi connectivity index (χ0n) is 10.8. The van der Waals surface area contributed by atoms with Crippen molar-refractivity contribution in [3.63, 3.8) is 0 Å². The number of fused-ring (bicyclic) bond motifs is 1. The Hall–Kier alpha value is -2.57. The molecule has 1 aromatic carbocycles. The number of hydrogen-bond acceptors (Lipinski definition) is 5. The van der Waals surface area contributed by atoms with Crippen molar-refractivity contribution in [3.8, 4) is 11.5 Å². The molecular formula is C13H13NO6. The van der Waals surface area contributed by atoms with E-state index in [0.29, 0.717) is 11.5 Å². The molecule has 0 saturated heterocycles. The molecule has 7 heteroatoms. The molecule has 0 unspecified atom stereocenters. The van der Waals surface area contributed by atoms with Crippen molar-refractivity contribution in [2.75, 3.05) is 12.1 Å². The van der Waals surface area contributed by atoms with Crippen LogP contribution in [0.2, 0.25) is 0 Å². The number of carbonyl (C=O) groups is 3. The predicted octanol–water partition coefficient (Wildman–Crippen LogP) is 1.42.